The minimum atomic E-state index is -1.82. The van der Waals surface area contributed by atoms with Gasteiger partial charge >= 0.3 is 0 Å². The summed E-state index contributed by atoms with van der Waals surface area (Å²) in [5, 5.41) is 7.80. The number of alkyl halides is 1. The Morgan fingerprint density at radius 2 is 1.84 bits per heavy atom. The second kappa shape index (κ2) is 9.99. The van der Waals surface area contributed by atoms with Crippen molar-refractivity contribution in [1.82, 2.24) is 19.6 Å². The molecule has 0 spiro atoms. The van der Waals surface area contributed by atoms with Crippen molar-refractivity contribution in [2.45, 2.75) is 56.2 Å². The van der Waals surface area contributed by atoms with Gasteiger partial charge in [-0.15, -0.1) is 0 Å². The summed E-state index contributed by atoms with van der Waals surface area (Å²) in [5.41, 5.74) is 6.68. The molecule has 4 aromatic rings. The van der Waals surface area contributed by atoms with E-state index in [4.69, 9.17) is 10.5 Å². The zero-order valence-electron chi connectivity index (χ0n) is 20.8. The highest BCUT2D eigenvalue weighted by molar-refractivity contribution is 5.66. The Morgan fingerprint density at radius 3 is 2.61 bits per heavy atom. The van der Waals surface area contributed by atoms with Crippen LogP contribution in [0.25, 0.3) is 16.8 Å². The third-order valence-electron chi connectivity index (χ3n) is 7.74. The van der Waals surface area contributed by atoms with Gasteiger partial charge in [-0.1, -0.05) is 6.42 Å². The Hall–Kier alpha value is -3.50. The van der Waals surface area contributed by atoms with Crippen LogP contribution in [0.4, 0.5) is 24.8 Å². The number of fused-ring (bicyclic) bond motifs is 1. The van der Waals surface area contributed by atoms with E-state index >= 15 is 13.2 Å². The Morgan fingerprint density at radius 1 is 1.05 bits per heavy atom. The molecule has 0 radical (unpaired) electrons. The van der Waals surface area contributed by atoms with Crippen molar-refractivity contribution in [3.63, 3.8) is 0 Å². The molecule has 10 heteroatoms. The number of imidazole rings is 1. The number of nitrogens with zero attached hydrogens (tertiary/aromatic N) is 4. The number of nitrogens with one attached hydrogen (secondary N) is 1. The number of hydrogen-bond acceptors (Lipinski definition) is 6. The average molecular weight is 523 g/mol. The number of hydrogen-bond donors (Lipinski definition) is 2. The lowest BCUT2D eigenvalue weighted by Crippen LogP contribution is -2.29. The molecular formula is C28H29F3N6O. The largest absolute Gasteiger partial charge is 0.381 e. The normalized spacial score (nSPS) is 21.5. The highest BCUT2D eigenvalue weighted by Crippen LogP contribution is 2.39. The molecule has 2 fully saturated rings. The summed E-state index contributed by atoms with van der Waals surface area (Å²) in [6.07, 6.45) is 9.27. The summed E-state index contributed by atoms with van der Waals surface area (Å²) in [6.45, 7) is 0.421. The molecule has 198 valence electrons. The van der Waals surface area contributed by atoms with Crippen molar-refractivity contribution in [1.29, 1.82) is 0 Å². The molecule has 4 heterocycles. The van der Waals surface area contributed by atoms with Gasteiger partial charge in [-0.3, -0.25) is 4.98 Å². The first-order valence-electron chi connectivity index (χ1n) is 13.0. The summed E-state index contributed by atoms with van der Waals surface area (Å²) in [6, 6.07) is 7.51. The van der Waals surface area contributed by atoms with Crippen molar-refractivity contribution in [2.75, 3.05) is 18.5 Å². The van der Waals surface area contributed by atoms with Gasteiger partial charge in [0.15, 0.2) is 0 Å². The molecule has 1 aromatic carbocycles. The van der Waals surface area contributed by atoms with Crippen LogP contribution in [0.3, 0.4) is 0 Å². The minimum absolute atomic E-state index is 0.0165. The van der Waals surface area contributed by atoms with E-state index in [1.807, 2.05) is 6.07 Å². The second-order valence-electron chi connectivity index (χ2n) is 10.2. The predicted molar refractivity (Wildman–Crippen MR) is 138 cm³/mol. The molecule has 3 N–H and O–H groups in total. The van der Waals surface area contributed by atoms with E-state index in [-0.39, 0.29) is 48.9 Å². The molecule has 1 aliphatic carbocycles. The van der Waals surface area contributed by atoms with E-state index in [9.17, 15) is 0 Å². The Bertz CT molecular complexity index is 1450. The number of halogens is 3. The molecule has 6 rings (SSSR count). The monoisotopic (exact) mass is 522 g/mol. The molecular weight excluding hydrogens is 493 g/mol. The molecule has 38 heavy (non-hydrogen) atoms. The van der Waals surface area contributed by atoms with Crippen LogP contribution in [0.1, 0.15) is 55.6 Å². The number of benzene rings is 1. The summed E-state index contributed by atoms with van der Waals surface area (Å²) in [5.74, 6) is -1.05. The first-order chi connectivity index (χ1) is 18.4. The van der Waals surface area contributed by atoms with Gasteiger partial charge in [0, 0.05) is 38.3 Å². The van der Waals surface area contributed by atoms with Gasteiger partial charge in [-0.2, -0.15) is 9.61 Å². The molecule has 0 unspecified atom stereocenters. The topological polar surface area (TPSA) is 90.4 Å². The third-order valence-corrected chi connectivity index (χ3v) is 7.74. The van der Waals surface area contributed by atoms with Gasteiger partial charge in [0.1, 0.15) is 17.3 Å². The number of pyridine rings is 1. The van der Waals surface area contributed by atoms with Gasteiger partial charge in [0.2, 0.25) is 5.95 Å². The molecule has 0 amide bonds. The van der Waals surface area contributed by atoms with E-state index in [0.717, 1.165) is 49.1 Å². The van der Waals surface area contributed by atoms with Crippen LogP contribution < -0.4 is 11.1 Å². The Balaban J connectivity index is 1.34. The van der Waals surface area contributed by atoms with Crippen LogP contribution in [-0.2, 0) is 10.4 Å². The quantitative estimate of drug-likeness (QED) is 0.346. The second-order valence-corrected chi connectivity index (χ2v) is 10.2. The predicted octanol–water partition coefficient (Wildman–Crippen LogP) is 5.77. The number of rotatable bonds is 5. The SMILES string of the molecule is N[C@H]1CCC[C@@H](c2ccncc2Nc2ncc3ccc(-c4c(F)cc(C5(F)CCOCC5)cc4F)nn23)C1. The summed E-state index contributed by atoms with van der Waals surface area (Å²) >= 11 is 0. The maximum atomic E-state index is 15.4. The maximum Gasteiger partial charge on any atom is 0.229 e. The minimum Gasteiger partial charge on any atom is -0.381 e. The molecule has 1 saturated heterocycles. The van der Waals surface area contributed by atoms with Gasteiger partial charge in [0.05, 0.1) is 34.9 Å². The average Bonchev–Trinajstić information content (AvgIpc) is 3.31. The van der Waals surface area contributed by atoms with Crippen molar-refractivity contribution in [3.05, 3.63) is 71.7 Å². The summed E-state index contributed by atoms with van der Waals surface area (Å²) < 4.78 is 52.6. The molecule has 3 aromatic heterocycles. The zero-order valence-corrected chi connectivity index (χ0v) is 20.8. The zero-order chi connectivity index (χ0) is 26.3. The van der Waals surface area contributed by atoms with Crippen molar-refractivity contribution in [3.8, 4) is 11.3 Å². The van der Waals surface area contributed by atoms with Crippen LogP contribution in [0.5, 0.6) is 0 Å². The smallest absolute Gasteiger partial charge is 0.229 e. The lowest BCUT2D eigenvalue weighted by atomic mass is 9.81. The van der Waals surface area contributed by atoms with Gasteiger partial charge < -0.3 is 15.8 Å². The van der Waals surface area contributed by atoms with Crippen molar-refractivity contribution < 1.29 is 17.9 Å². The van der Waals surface area contributed by atoms with Gasteiger partial charge in [-0.25, -0.2) is 18.2 Å². The summed E-state index contributed by atoms with van der Waals surface area (Å²) in [7, 11) is 0. The lowest BCUT2D eigenvalue weighted by Gasteiger charge is -2.30. The van der Waals surface area contributed by atoms with Crippen molar-refractivity contribution in [2.24, 2.45) is 5.73 Å². The lowest BCUT2D eigenvalue weighted by molar-refractivity contribution is -0.0117. The van der Waals surface area contributed by atoms with E-state index in [1.54, 1.807) is 24.7 Å². The van der Waals surface area contributed by atoms with E-state index < -0.39 is 17.3 Å². The van der Waals surface area contributed by atoms with E-state index in [1.165, 1.54) is 10.6 Å². The fourth-order valence-corrected chi connectivity index (χ4v) is 5.66. The van der Waals surface area contributed by atoms with Gasteiger partial charge in [-0.05, 0) is 66.6 Å². The molecule has 0 bridgehead atoms. The molecule has 2 atom stereocenters. The number of ether oxygens (including phenoxy) is 1. The van der Waals surface area contributed by atoms with Crippen molar-refractivity contribution >= 4 is 17.2 Å². The standard InChI is InChI=1S/C28H29F3N6O/c29-22-13-18(28(31)7-10-38-11-8-28)14-23(30)26(22)24-5-4-20-15-34-27(37(20)36-24)35-25-16-33-9-6-21(25)17-2-1-3-19(32)12-17/h4-6,9,13-17,19H,1-3,7-8,10-12,32H2,(H,34,35)/t17-,19+/m1/s1. The van der Waals surface area contributed by atoms with Crippen LogP contribution in [0, 0.1) is 11.6 Å². The van der Waals surface area contributed by atoms with Crippen LogP contribution in [-0.4, -0.2) is 38.8 Å². The number of aromatic nitrogens is 4. The van der Waals surface area contributed by atoms with Gasteiger partial charge in [0.25, 0.3) is 0 Å². The first-order valence-corrected chi connectivity index (χ1v) is 13.0. The molecule has 7 nitrogen and oxygen atoms in total. The third kappa shape index (κ3) is 4.63. The fourth-order valence-electron chi connectivity index (χ4n) is 5.66. The fraction of sp³-hybridized carbons (Fsp3) is 0.393. The first kappa shape index (κ1) is 24.8. The van der Waals surface area contributed by atoms with E-state index in [0.29, 0.717) is 17.4 Å². The summed E-state index contributed by atoms with van der Waals surface area (Å²) in [4.78, 5) is 8.72. The number of nitrogens with two attached hydrogens (primary N) is 1. The molecule has 2 aliphatic rings. The van der Waals surface area contributed by atoms with Crippen LogP contribution in [0.15, 0.2) is 48.9 Å². The molecule has 1 aliphatic heterocycles. The molecule has 1 saturated carbocycles. The van der Waals surface area contributed by atoms with Crippen LogP contribution >= 0.6 is 0 Å². The Labute approximate surface area is 218 Å². The van der Waals surface area contributed by atoms with E-state index in [2.05, 4.69) is 20.4 Å². The highest BCUT2D eigenvalue weighted by Gasteiger charge is 2.36. The Kier molecular flexibility index (Phi) is 6.53. The maximum absolute atomic E-state index is 15.4. The number of anilines is 2. The van der Waals surface area contributed by atoms with Crippen LogP contribution in [0.2, 0.25) is 0 Å². The highest BCUT2D eigenvalue weighted by atomic mass is 19.1.